The number of amides is 1. The number of hydrogen-bond donors (Lipinski definition) is 1. The number of carbonyl (C=O) groups excluding carboxylic acids is 3. The van der Waals surface area contributed by atoms with Gasteiger partial charge in [0.2, 0.25) is 5.91 Å². The van der Waals surface area contributed by atoms with E-state index < -0.39 is 11.6 Å². The van der Waals surface area contributed by atoms with Crippen molar-refractivity contribution in [2.75, 3.05) is 6.54 Å². The van der Waals surface area contributed by atoms with Crippen molar-refractivity contribution in [1.82, 2.24) is 5.32 Å². The molecule has 0 atom stereocenters. The van der Waals surface area contributed by atoms with E-state index in [9.17, 15) is 23.2 Å². The Morgan fingerprint density at radius 1 is 0.720 bits per heavy atom. The molecule has 2 aromatic rings. The van der Waals surface area contributed by atoms with Crippen LogP contribution in [0.25, 0.3) is 0 Å². The Labute approximate surface area is 143 Å². The minimum absolute atomic E-state index is 0.101. The second-order valence-electron chi connectivity index (χ2n) is 5.49. The van der Waals surface area contributed by atoms with Gasteiger partial charge in [-0.3, -0.25) is 14.4 Å². The molecule has 0 unspecified atom stereocenters. The molecule has 25 heavy (non-hydrogen) atoms. The molecule has 0 saturated carbocycles. The van der Waals surface area contributed by atoms with Crippen LogP contribution in [0.2, 0.25) is 0 Å². The molecule has 1 amide bonds. The molecule has 0 aliphatic rings. The molecule has 0 radical (unpaired) electrons. The average Bonchev–Trinajstić information content (AvgIpc) is 2.60. The summed E-state index contributed by atoms with van der Waals surface area (Å²) in [6.07, 6.45) is 0.585. The van der Waals surface area contributed by atoms with Crippen LogP contribution >= 0.6 is 0 Å². The van der Waals surface area contributed by atoms with Gasteiger partial charge in [0.25, 0.3) is 0 Å². The van der Waals surface area contributed by atoms with Crippen LogP contribution < -0.4 is 5.32 Å². The van der Waals surface area contributed by atoms with Gasteiger partial charge in [-0.15, -0.1) is 0 Å². The molecule has 1 N–H and O–H groups in total. The molecule has 130 valence electrons. The summed E-state index contributed by atoms with van der Waals surface area (Å²) in [5.41, 5.74) is 0.710. The van der Waals surface area contributed by atoms with E-state index in [0.717, 1.165) is 0 Å². The Morgan fingerprint density at radius 2 is 1.20 bits per heavy atom. The topological polar surface area (TPSA) is 63.2 Å². The molecule has 0 aliphatic heterocycles. The van der Waals surface area contributed by atoms with E-state index >= 15 is 0 Å². The van der Waals surface area contributed by atoms with Crippen molar-refractivity contribution in [2.45, 2.75) is 19.3 Å². The Hall–Kier alpha value is -2.89. The molecule has 0 heterocycles. The third-order valence-electron chi connectivity index (χ3n) is 3.59. The van der Waals surface area contributed by atoms with Gasteiger partial charge in [0, 0.05) is 24.0 Å². The van der Waals surface area contributed by atoms with Crippen LogP contribution in [0.3, 0.4) is 0 Å². The van der Waals surface area contributed by atoms with Crippen LogP contribution in [0.4, 0.5) is 8.78 Å². The highest BCUT2D eigenvalue weighted by Crippen LogP contribution is 2.08. The van der Waals surface area contributed by atoms with E-state index in [-0.39, 0.29) is 36.9 Å². The number of halogens is 2. The SMILES string of the molecule is O=C(CCCC(=O)c1ccc(F)cc1)NCC(=O)c1ccc(F)cc1. The van der Waals surface area contributed by atoms with Crippen LogP contribution in [0, 0.1) is 11.6 Å². The first kappa shape index (κ1) is 18.4. The van der Waals surface area contributed by atoms with Gasteiger partial charge in [-0.1, -0.05) is 0 Å². The minimum Gasteiger partial charge on any atom is -0.349 e. The van der Waals surface area contributed by atoms with Gasteiger partial charge >= 0.3 is 0 Å². The van der Waals surface area contributed by atoms with Gasteiger partial charge in [0.1, 0.15) is 11.6 Å². The van der Waals surface area contributed by atoms with Crippen LogP contribution in [0.5, 0.6) is 0 Å². The molecular formula is C19H17F2NO3. The van der Waals surface area contributed by atoms with Crippen molar-refractivity contribution >= 4 is 17.5 Å². The minimum atomic E-state index is -0.439. The summed E-state index contributed by atoms with van der Waals surface area (Å²) in [5.74, 6) is -1.69. The van der Waals surface area contributed by atoms with E-state index in [0.29, 0.717) is 17.5 Å². The first-order valence-electron chi connectivity index (χ1n) is 7.80. The number of carbonyl (C=O) groups is 3. The van der Waals surface area contributed by atoms with Crippen molar-refractivity contribution in [3.8, 4) is 0 Å². The molecule has 0 saturated heterocycles. The van der Waals surface area contributed by atoms with Crippen LogP contribution in [-0.4, -0.2) is 24.0 Å². The predicted molar refractivity (Wildman–Crippen MR) is 88.3 cm³/mol. The molecule has 0 aliphatic carbocycles. The smallest absolute Gasteiger partial charge is 0.220 e. The number of nitrogens with one attached hydrogen (secondary N) is 1. The van der Waals surface area contributed by atoms with Crippen molar-refractivity contribution < 1.29 is 23.2 Å². The summed E-state index contributed by atoms with van der Waals surface area (Å²) in [5, 5.41) is 2.47. The van der Waals surface area contributed by atoms with Gasteiger partial charge in [-0.05, 0) is 55.0 Å². The molecule has 0 fully saturated rings. The molecule has 0 bridgehead atoms. The van der Waals surface area contributed by atoms with Crippen LogP contribution in [0.1, 0.15) is 40.0 Å². The zero-order valence-electron chi connectivity index (χ0n) is 13.4. The lowest BCUT2D eigenvalue weighted by Crippen LogP contribution is -2.29. The van der Waals surface area contributed by atoms with E-state index in [1.165, 1.54) is 48.5 Å². The Morgan fingerprint density at radius 3 is 1.72 bits per heavy atom. The highest BCUT2D eigenvalue weighted by atomic mass is 19.1. The van der Waals surface area contributed by atoms with Gasteiger partial charge in [0.15, 0.2) is 11.6 Å². The molecule has 0 spiro atoms. The molecule has 2 aromatic carbocycles. The van der Waals surface area contributed by atoms with Crippen LogP contribution in [-0.2, 0) is 4.79 Å². The van der Waals surface area contributed by atoms with Gasteiger partial charge < -0.3 is 5.32 Å². The number of rotatable bonds is 8. The third kappa shape index (κ3) is 5.91. The summed E-state index contributed by atoms with van der Waals surface area (Å²) in [7, 11) is 0. The van der Waals surface area contributed by atoms with Gasteiger partial charge in [-0.25, -0.2) is 8.78 Å². The fourth-order valence-corrected chi connectivity index (χ4v) is 2.19. The quantitative estimate of drug-likeness (QED) is 0.747. The fourth-order valence-electron chi connectivity index (χ4n) is 2.19. The summed E-state index contributed by atoms with van der Waals surface area (Å²) in [6, 6.07) is 10.3. The lowest BCUT2D eigenvalue weighted by molar-refractivity contribution is -0.121. The fraction of sp³-hybridized carbons (Fsp3) is 0.211. The van der Waals surface area contributed by atoms with E-state index in [1.54, 1.807) is 0 Å². The number of Topliss-reactive ketones (excluding diaryl/α,β-unsaturated/α-hetero) is 2. The number of ketones is 2. The van der Waals surface area contributed by atoms with Crippen LogP contribution in [0.15, 0.2) is 48.5 Å². The third-order valence-corrected chi connectivity index (χ3v) is 3.59. The standard InChI is InChI=1S/C19H17F2NO3/c20-15-8-4-13(5-9-15)17(23)2-1-3-19(25)22-12-18(24)14-6-10-16(21)11-7-14/h4-11H,1-3,12H2,(H,22,25). The molecule has 4 nitrogen and oxygen atoms in total. The Balaban J connectivity index is 1.70. The van der Waals surface area contributed by atoms with Crippen molar-refractivity contribution in [2.24, 2.45) is 0 Å². The van der Waals surface area contributed by atoms with Crippen molar-refractivity contribution in [3.05, 3.63) is 71.3 Å². The Kier molecular flexibility index (Phi) is 6.51. The van der Waals surface area contributed by atoms with Gasteiger partial charge in [0.05, 0.1) is 6.54 Å². The monoisotopic (exact) mass is 345 g/mol. The second kappa shape index (κ2) is 8.82. The normalized spacial score (nSPS) is 10.3. The molecular weight excluding hydrogens is 328 g/mol. The number of hydrogen-bond acceptors (Lipinski definition) is 3. The van der Waals surface area contributed by atoms with Crippen molar-refractivity contribution in [1.29, 1.82) is 0 Å². The maximum atomic E-state index is 12.8. The van der Waals surface area contributed by atoms with E-state index in [1.807, 2.05) is 0 Å². The highest BCUT2D eigenvalue weighted by Gasteiger charge is 2.10. The summed E-state index contributed by atoms with van der Waals surface area (Å²) in [6.45, 7) is -0.184. The maximum absolute atomic E-state index is 12.8. The van der Waals surface area contributed by atoms with E-state index in [4.69, 9.17) is 0 Å². The lowest BCUT2D eigenvalue weighted by atomic mass is 10.1. The first-order valence-corrected chi connectivity index (χ1v) is 7.80. The summed E-state index contributed by atoms with van der Waals surface area (Å²) >= 11 is 0. The second-order valence-corrected chi connectivity index (χ2v) is 5.49. The maximum Gasteiger partial charge on any atom is 0.220 e. The van der Waals surface area contributed by atoms with E-state index in [2.05, 4.69) is 5.32 Å². The van der Waals surface area contributed by atoms with Gasteiger partial charge in [-0.2, -0.15) is 0 Å². The summed E-state index contributed by atoms with van der Waals surface area (Å²) < 4.78 is 25.6. The zero-order chi connectivity index (χ0) is 18.2. The average molecular weight is 345 g/mol. The predicted octanol–water partition coefficient (Wildman–Crippen LogP) is 3.32. The number of benzene rings is 2. The molecule has 0 aromatic heterocycles. The zero-order valence-corrected chi connectivity index (χ0v) is 13.4. The lowest BCUT2D eigenvalue weighted by Gasteiger charge is -2.05. The highest BCUT2D eigenvalue weighted by molar-refractivity contribution is 5.99. The Bertz CT molecular complexity index is 755. The molecule has 6 heteroatoms. The first-order chi connectivity index (χ1) is 12.0. The largest absolute Gasteiger partial charge is 0.349 e. The summed E-state index contributed by atoms with van der Waals surface area (Å²) in [4.78, 5) is 35.4. The van der Waals surface area contributed by atoms with Crippen molar-refractivity contribution in [3.63, 3.8) is 0 Å². The molecule has 2 rings (SSSR count).